The predicted octanol–water partition coefficient (Wildman–Crippen LogP) is 4.01. The van der Waals surface area contributed by atoms with Crippen LogP contribution in [0.2, 0.25) is 0 Å². The number of hydrogen-bond donors (Lipinski definition) is 1. The van der Waals surface area contributed by atoms with Gasteiger partial charge in [0, 0.05) is 6.04 Å². The van der Waals surface area contributed by atoms with Gasteiger partial charge in [-0.25, -0.2) is 4.98 Å². The Bertz CT molecular complexity index is 1080. The van der Waals surface area contributed by atoms with Gasteiger partial charge >= 0.3 is 0 Å². The zero-order chi connectivity index (χ0) is 20.3. The number of aromatic nitrogens is 2. The number of carbonyl (C=O) groups excluding carboxylic acids is 1. The first kappa shape index (κ1) is 20.1. The van der Waals surface area contributed by atoms with E-state index in [-0.39, 0.29) is 23.3 Å². The Morgan fingerprint density at radius 3 is 2.68 bits per heavy atom. The van der Waals surface area contributed by atoms with Crippen molar-refractivity contribution in [3.63, 3.8) is 0 Å². The molecule has 146 valence electrons. The van der Waals surface area contributed by atoms with E-state index < -0.39 is 0 Å². The van der Waals surface area contributed by atoms with Crippen molar-refractivity contribution >= 4 is 28.6 Å². The fourth-order valence-corrected chi connectivity index (χ4v) is 3.76. The van der Waals surface area contributed by atoms with E-state index in [1.807, 2.05) is 64.1 Å². The number of nitrogens with one attached hydrogen (secondary N) is 1. The summed E-state index contributed by atoms with van der Waals surface area (Å²) in [5.74, 6) is 0.147. The van der Waals surface area contributed by atoms with Crippen LogP contribution in [0.4, 0.5) is 0 Å². The smallest absolute Gasteiger partial charge is 0.266 e. The second-order valence-electron chi connectivity index (χ2n) is 6.94. The highest BCUT2D eigenvalue weighted by Crippen LogP contribution is 2.24. The number of rotatable bonds is 6. The Morgan fingerprint density at radius 1 is 1.18 bits per heavy atom. The molecular formula is C22H25N3O2S. The maximum atomic E-state index is 13.3. The van der Waals surface area contributed by atoms with Crippen molar-refractivity contribution in [3.8, 4) is 5.69 Å². The van der Waals surface area contributed by atoms with E-state index in [1.54, 1.807) is 10.6 Å². The Labute approximate surface area is 169 Å². The van der Waals surface area contributed by atoms with Gasteiger partial charge in [-0.15, -0.1) is 0 Å². The predicted molar refractivity (Wildman–Crippen MR) is 115 cm³/mol. The van der Waals surface area contributed by atoms with Crippen molar-refractivity contribution < 1.29 is 4.79 Å². The lowest BCUT2D eigenvalue weighted by Crippen LogP contribution is -2.33. The van der Waals surface area contributed by atoms with Crippen LogP contribution < -0.4 is 10.9 Å². The maximum Gasteiger partial charge on any atom is 0.266 e. The van der Waals surface area contributed by atoms with Crippen molar-refractivity contribution in [1.29, 1.82) is 0 Å². The molecule has 0 aliphatic carbocycles. The van der Waals surface area contributed by atoms with Gasteiger partial charge in [0.05, 0.1) is 22.3 Å². The average molecular weight is 396 g/mol. The van der Waals surface area contributed by atoms with E-state index in [4.69, 9.17) is 4.98 Å². The molecule has 0 saturated heterocycles. The molecule has 0 aliphatic heterocycles. The molecule has 0 bridgehead atoms. The molecule has 0 fully saturated rings. The lowest BCUT2D eigenvalue weighted by atomic mass is 10.1. The highest BCUT2D eigenvalue weighted by molar-refractivity contribution is 7.99. The Balaban J connectivity index is 2.09. The van der Waals surface area contributed by atoms with Crippen LogP contribution in [0.1, 0.15) is 31.4 Å². The molecule has 1 heterocycles. The van der Waals surface area contributed by atoms with E-state index >= 15 is 0 Å². The Hall–Kier alpha value is -2.60. The van der Waals surface area contributed by atoms with Gasteiger partial charge in [-0.2, -0.15) is 0 Å². The van der Waals surface area contributed by atoms with Gasteiger partial charge in [0.2, 0.25) is 5.91 Å². The highest BCUT2D eigenvalue weighted by atomic mass is 32.2. The third kappa shape index (κ3) is 4.12. The molecule has 28 heavy (non-hydrogen) atoms. The molecule has 1 amide bonds. The highest BCUT2D eigenvalue weighted by Gasteiger charge is 2.17. The number of para-hydroxylation sites is 1. The van der Waals surface area contributed by atoms with Gasteiger partial charge in [-0.05, 0) is 56.5 Å². The van der Waals surface area contributed by atoms with Crippen LogP contribution in [-0.2, 0) is 4.79 Å². The fourth-order valence-electron chi connectivity index (χ4n) is 2.95. The van der Waals surface area contributed by atoms with Crippen LogP contribution in [-0.4, -0.2) is 27.3 Å². The van der Waals surface area contributed by atoms with E-state index in [2.05, 4.69) is 5.32 Å². The largest absolute Gasteiger partial charge is 0.353 e. The third-order valence-corrected chi connectivity index (χ3v) is 5.85. The summed E-state index contributed by atoms with van der Waals surface area (Å²) < 4.78 is 1.63. The van der Waals surface area contributed by atoms with Gasteiger partial charge < -0.3 is 5.32 Å². The minimum absolute atomic E-state index is 0.0609. The monoisotopic (exact) mass is 395 g/mol. The molecule has 3 aromatic rings. The molecule has 2 aromatic carbocycles. The molecule has 0 saturated carbocycles. The van der Waals surface area contributed by atoms with Crippen LogP contribution in [0.25, 0.3) is 16.6 Å². The van der Waals surface area contributed by atoms with Crippen molar-refractivity contribution in [1.82, 2.24) is 14.9 Å². The summed E-state index contributed by atoms with van der Waals surface area (Å²) in [6.07, 6.45) is 0.873. The van der Waals surface area contributed by atoms with E-state index in [0.717, 1.165) is 23.2 Å². The standard InChI is InChI=1S/C22H25N3O2S/c1-5-15(3)23-20(26)13-28-22-24-18-11-7-6-10-17(18)21(27)25(22)19-12-8-9-14(2)16(19)4/h6-12,15H,5,13H2,1-4H3,(H,23,26)/t15-/m1/s1. The first-order valence-corrected chi connectivity index (χ1v) is 10.4. The molecular weight excluding hydrogens is 370 g/mol. The van der Waals surface area contributed by atoms with Gasteiger partial charge in [0.25, 0.3) is 5.56 Å². The number of hydrogen-bond acceptors (Lipinski definition) is 4. The number of aryl methyl sites for hydroxylation is 1. The first-order chi connectivity index (χ1) is 13.4. The van der Waals surface area contributed by atoms with E-state index in [1.165, 1.54) is 11.8 Å². The van der Waals surface area contributed by atoms with Crippen molar-refractivity contribution in [3.05, 3.63) is 63.9 Å². The van der Waals surface area contributed by atoms with E-state index in [0.29, 0.717) is 16.1 Å². The number of amides is 1. The Kier molecular flexibility index (Phi) is 6.19. The normalized spacial score (nSPS) is 12.1. The van der Waals surface area contributed by atoms with Crippen LogP contribution >= 0.6 is 11.8 Å². The molecule has 6 heteroatoms. The molecule has 1 atom stereocenters. The lowest BCUT2D eigenvalue weighted by Gasteiger charge is -2.16. The molecule has 5 nitrogen and oxygen atoms in total. The second kappa shape index (κ2) is 8.61. The zero-order valence-electron chi connectivity index (χ0n) is 16.7. The quantitative estimate of drug-likeness (QED) is 0.506. The van der Waals surface area contributed by atoms with Crippen molar-refractivity contribution in [2.75, 3.05) is 5.75 Å². The number of benzene rings is 2. The summed E-state index contributed by atoms with van der Waals surface area (Å²) >= 11 is 1.29. The van der Waals surface area contributed by atoms with Crippen molar-refractivity contribution in [2.24, 2.45) is 0 Å². The van der Waals surface area contributed by atoms with Crippen LogP contribution in [0.5, 0.6) is 0 Å². The average Bonchev–Trinajstić information content (AvgIpc) is 2.69. The third-order valence-electron chi connectivity index (χ3n) is 4.91. The zero-order valence-corrected chi connectivity index (χ0v) is 17.5. The lowest BCUT2D eigenvalue weighted by molar-refractivity contribution is -0.119. The molecule has 3 rings (SSSR count). The van der Waals surface area contributed by atoms with Crippen LogP contribution in [0, 0.1) is 13.8 Å². The van der Waals surface area contributed by atoms with E-state index in [9.17, 15) is 9.59 Å². The fraction of sp³-hybridized carbons (Fsp3) is 0.318. The first-order valence-electron chi connectivity index (χ1n) is 9.43. The van der Waals surface area contributed by atoms with Gasteiger partial charge in [-0.3, -0.25) is 14.2 Å². The van der Waals surface area contributed by atoms with Crippen LogP contribution in [0.15, 0.2) is 52.4 Å². The molecule has 0 aliphatic rings. The molecule has 0 spiro atoms. The summed E-state index contributed by atoms with van der Waals surface area (Å²) in [7, 11) is 0. The summed E-state index contributed by atoms with van der Waals surface area (Å²) in [6.45, 7) is 8.02. The number of nitrogens with zero attached hydrogens (tertiary/aromatic N) is 2. The summed E-state index contributed by atoms with van der Waals surface area (Å²) in [6, 6.07) is 13.3. The molecule has 1 aromatic heterocycles. The second-order valence-corrected chi connectivity index (χ2v) is 7.88. The Morgan fingerprint density at radius 2 is 1.93 bits per heavy atom. The molecule has 0 radical (unpaired) electrons. The maximum absolute atomic E-state index is 13.3. The van der Waals surface area contributed by atoms with Gasteiger partial charge in [-0.1, -0.05) is 43.0 Å². The topological polar surface area (TPSA) is 64.0 Å². The summed E-state index contributed by atoms with van der Waals surface area (Å²) in [5.41, 5.74) is 3.44. The van der Waals surface area contributed by atoms with Crippen LogP contribution in [0.3, 0.4) is 0 Å². The minimum atomic E-state index is -0.121. The summed E-state index contributed by atoms with van der Waals surface area (Å²) in [4.78, 5) is 30.2. The van der Waals surface area contributed by atoms with Crippen molar-refractivity contribution in [2.45, 2.75) is 45.3 Å². The summed E-state index contributed by atoms with van der Waals surface area (Å²) in [5, 5.41) is 4.05. The number of fused-ring (bicyclic) bond motifs is 1. The SMILES string of the molecule is CC[C@@H](C)NC(=O)CSc1nc2ccccc2c(=O)n1-c1cccc(C)c1C. The minimum Gasteiger partial charge on any atom is -0.353 e. The van der Waals surface area contributed by atoms with Gasteiger partial charge in [0.15, 0.2) is 5.16 Å². The molecule has 1 N–H and O–H groups in total. The van der Waals surface area contributed by atoms with Gasteiger partial charge in [0.1, 0.15) is 0 Å². The number of thioether (sulfide) groups is 1. The number of carbonyl (C=O) groups is 1. The molecule has 0 unspecified atom stereocenters.